The monoisotopic (exact) mass is 269 g/mol. The number of carbonyl (C=O) groups is 1. The number of methoxy groups -OCH3 is 1. The van der Waals surface area contributed by atoms with Crippen LogP contribution in [0.2, 0.25) is 0 Å². The zero-order chi connectivity index (χ0) is 14.4. The first-order valence-corrected chi connectivity index (χ1v) is 6.72. The molecule has 0 aliphatic carbocycles. The van der Waals surface area contributed by atoms with Gasteiger partial charge in [0.25, 0.3) is 0 Å². The molecule has 0 fully saturated rings. The summed E-state index contributed by atoms with van der Waals surface area (Å²) in [5.74, 6) is -0.312. The van der Waals surface area contributed by atoms with E-state index in [0.717, 1.165) is 24.0 Å². The number of carbonyl (C=O) groups excluding carboxylic acids is 1. The van der Waals surface area contributed by atoms with Crippen molar-refractivity contribution in [2.45, 2.75) is 12.8 Å². The Morgan fingerprint density at radius 1 is 1.10 bits per heavy atom. The Labute approximate surface area is 119 Å². The first kappa shape index (κ1) is 14.3. The summed E-state index contributed by atoms with van der Waals surface area (Å²) in [5.41, 5.74) is 9.63. The first-order chi connectivity index (χ1) is 9.74. The number of ether oxygens (including phenoxy) is 1. The highest BCUT2D eigenvalue weighted by Crippen LogP contribution is 2.21. The van der Waals surface area contributed by atoms with Crippen LogP contribution < -0.4 is 5.73 Å². The van der Waals surface area contributed by atoms with Crippen LogP contribution in [-0.2, 0) is 11.2 Å². The zero-order valence-corrected chi connectivity index (χ0v) is 11.6. The molecule has 2 aromatic rings. The molecule has 2 N–H and O–H groups in total. The lowest BCUT2D eigenvalue weighted by atomic mass is 10.00. The van der Waals surface area contributed by atoms with Crippen LogP contribution in [0, 0.1) is 0 Å². The molecule has 0 spiro atoms. The van der Waals surface area contributed by atoms with E-state index in [1.165, 1.54) is 12.7 Å². The lowest BCUT2D eigenvalue weighted by Gasteiger charge is -2.06. The number of aryl methyl sites for hydroxylation is 1. The van der Waals surface area contributed by atoms with Crippen LogP contribution in [0.5, 0.6) is 0 Å². The van der Waals surface area contributed by atoms with Gasteiger partial charge in [-0.1, -0.05) is 36.4 Å². The Bertz CT molecular complexity index is 576. The van der Waals surface area contributed by atoms with Crippen molar-refractivity contribution in [3.63, 3.8) is 0 Å². The molecule has 0 heterocycles. The predicted molar refractivity (Wildman–Crippen MR) is 80.6 cm³/mol. The molecule has 0 unspecified atom stereocenters. The van der Waals surface area contributed by atoms with E-state index < -0.39 is 0 Å². The highest BCUT2D eigenvalue weighted by molar-refractivity contribution is 5.89. The minimum atomic E-state index is -0.312. The van der Waals surface area contributed by atoms with Crippen molar-refractivity contribution in [2.75, 3.05) is 13.7 Å². The van der Waals surface area contributed by atoms with Crippen LogP contribution in [0.3, 0.4) is 0 Å². The van der Waals surface area contributed by atoms with Crippen molar-refractivity contribution in [1.29, 1.82) is 0 Å². The molecule has 0 saturated heterocycles. The van der Waals surface area contributed by atoms with Crippen molar-refractivity contribution in [2.24, 2.45) is 5.73 Å². The normalized spacial score (nSPS) is 10.3. The van der Waals surface area contributed by atoms with Gasteiger partial charge < -0.3 is 10.5 Å². The fraction of sp³-hybridized carbons (Fsp3) is 0.235. The summed E-state index contributed by atoms with van der Waals surface area (Å²) in [6.07, 6.45) is 1.98. The van der Waals surface area contributed by atoms with E-state index in [1.807, 2.05) is 12.1 Å². The molecule has 104 valence electrons. The second-order valence-corrected chi connectivity index (χ2v) is 4.66. The molecule has 0 bridgehead atoms. The number of nitrogens with two attached hydrogens (primary N) is 1. The molecule has 2 aromatic carbocycles. The van der Waals surface area contributed by atoms with Gasteiger partial charge in [0.1, 0.15) is 0 Å². The number of hydrogen-bond donors (Lipinski definition) is 1. The molecule has 0 aromatic heterocycles. The van der Waals surface area contributed by atoms with Crippen molar-refractivity contribution < 1.29 is 9.53 Å². The number of benzene rings is 2. The van der Waals surface area contributed by atoms with E-state index in [1.54, 1.807) is 12.1 Å². The van der Waals surface area contributed by atoms with Crippen molar-refractivity contribution in [3.05, 3.63) is 59.7 Å². The summed E-state index contributed by atoms with van der Waals surface area (Å²) in [6.45, 7) is 0.706. The maximum atomic E-state index is 11.4. The Hall–Kier alpha value is -2.13. The minimum Gasteiger partial charge on any atom is -0.465 e. The SMILES string of the molecule is COC(=O)c1ccc(-c2cccc(CCCN)c2)cc1. The number of esters is 1. The summed E-state index contributed by atoms with van der Waals surface area (Å²) >= 11 is 0. The molecular weight excluding hydrogens is 250 g/mol. The number of hydrogen-bond acceptors (Lipinski definition) is 3. The summed E-state index contributed by atoms with van der Waals surface area (Å²) in [7, 11) is 1.39. The summed E-state index contributed by atoms with van der Waals surface area (Å²) in [4.78, 5) is 11.4. The van der Waals surface area contributed by atoms with Crippen LogP contribution >= 0.6 is 0 Å². The molecule has 0 aliphatic rings. The average molecular weight is 269 g/mol. The largest absolute Gasteiger partial charge is 0.465 e. The van der Waals surface area contributed by atoms with E-state index in [0.29, 0.717) is 12.1 Å². The second kappa shape index (κ2) is 6.87. The summed E-state index contributed by atoms with van der Waals surface area (Å²) in [5, 5.41) is 0. The Balaban J connectivity index is 2.20. The van der Waals surface area contributed by atoms with Gasteiger partial charge in [-0.05, 0) is 48.2 Å². The maximum Gasteiger partial charge on any atom is 0.337 e. The highest BCUT2D eigenvalue weighted by atomic mass is 16.5. The standard InChI is InChI=1S/C17H19NO2/c1-20-17(19)15-9-7-14(8-10-15)16-6-2-4-13(12-16)5-3-11-18/h2,4,6-10,12H,3,5,11,18H2,1H3. The quantitative estimate of drug-likeness (QED) is 0.849. The van der Waals surface area contributed by atoms with E-state index in [2.05, 4.69) is 24.3 Å². The van der Waals surface area contributed by atoms with Gasteiger partial charge in [0.05, 0.1) is 12.7 Å². The third-order valence-electron chi connectivity index (χ3n) is 3.24. The number of rotatable bonds is 5. The first-order valence-electron chi connectivity index (χ1n) is 6.72. The van der Waals surface area contributed by atoms with E-state index in [9.17, 15) is 4.79 Å². The average Bonchev–Trinajstić information content (AvgIpc) is 2.52. The van der Waals surface area contributed by atoms with Crippen LogP contribution in [0.25, 0.3) is 11.1 Å². The van der Waals surface area contributed by atoms with Crippen LogP contribution in [0.1, 0.15) is 22.3 Å². The predicted octanol–water partition coefficient (Wildman–Crippen LogP) is 3.03. The fourth-order valence-corrected chi connectivity index (χ4v) is 2.13. The van der Waals surface area contributed by atoms with Gasteiger partial charge in [-0.3, -0.25) is 0 Å². The Morgan fingerprint density at radius 2 is 1.85 bits per heavy atom. The van der Waals surface area contributed by atoms with Gasteiger partial charge in [-0.15, -0.1) is 0 Å². The fourth-order valence-electron chi connectivity index (χ4n) is 2.13. The van der Waals surface area contributed by atoms with E-state index in [-0.39, 0.29) is 5.97 Å². The van der Waals surface area contributed by atoms with E-state index >= 15 is 0 Å². The van der Waals surface area contributed by atoms with Gasteiger partial charge in [0.15, 0.2) is 0 Å². The molecule has 0 aliphatic heterocycles. The lowest BCUT2D eigenvalue weighted by molar-refractivity contribution is 0.0601. The highest BCUT2D eigenvalue weighted by Gasteiger charge is 2.05. The molecule has 0 atom stereocenters. The van der Waals surface area contributed by atoms with Crippen LogP contribution in [0.15, 0.2) is 48.5 Å². The topological polar surface area (TPSA) is 52.3 Å². The molecular formula is C17H19NO2. The maximum absolute atomic E-state index is 11.4. The second-order valence-electron chi connectivity index (χ2n) is 4.66. The molecule has 3 nitrogen and oxygen atoms in total. The van der Waals surface area contributed by atoms with Crippen LogP contribution in [0.4, 0.5) is 0 Å². The minimum absolute atomic E-state index is 0.312. The smallest absolute Gasteiger partial charge is 0.337 e. The third kappa shape index (κ3) is 3.45. The third-order valence-corrected chi connectivity index (χ3v) is 3.24. The van der Waals surface area contributed by atoms with E-state index in [4.69, 9.17) is 10.5 Å². The zero-order valence-electron chi connectivity index (χ0n) is 11.6. The Kier molecular flexibility index (Phi) is 4.91. The van der Waals surface area contributed by atoms with Crippen molar-refractivity contribution >= 4 is 5.97 Å². The molecule has 20 heavy (non-hydrogen) atoms. The molecule has 0 saturated carbocycles. The van der Waals surface area contributed by atoms with Crippen LogP contribution in [-0.4, -0.2) is 19.6 Å². The van der Waals surface area contributed by atoms with Crippen molar-refractivity contribution in [1.82, 2.24) is 0 Å². The molecule has 0 amide bonds. The molecule has 3 heteroatoms. The van der Waals surface area contributed by atoms with Gasteiger partial charge in [0, 0.05) is 0 Å². The van der Waals surface area contributed by atoms with Gasteiger partial charge in [-0.25, -0.2) is 4.79 Å². The lowest BCUT2D eigenvalue weighted by Crippen LogP contribution is -2.00. The summed E-state index contributed by atoms with van der Waals surface area (Å²) in [6, 6.07) is 15.9. The molecule has 0 radical (unpaired) electrons. The summed E-state index contributed by atoms with van der Waals surface area (Å²) < 4.78 is 4.69. The van der Waals surface area contributed by atoms with Gasteiger partial charge in [-0.2, -0.15) is 0 Å². The van der Waals surface area contributed by atoms with Gasteiger partial charge in [0.2, 0.25) is 0 Å². The van der Waals surface area contributed by atoms with Crippen molar-refractivity contribution in [3.8, 4) is 11.1 Å². The van der Waals surface area contributed by atoms with Gasteiger partial charge >= 0.3 is 5.97 Å². The Morgan fingerprint density at radius 3 is 2.50 bits per heavy atom. The molecule has 2 rings (SSSR count).